The molecule has 6 heteroatoms. The maximum absolute atomic E-state index is 12.2. The predicted octanol–water partition coefficient (Wildman–Crippen LogP) is 4.78. The molecule has 0 spiro atoms. The zero-order valence-corrected chi connectivity index (χ0v) is 10.7. The van der Waals surface area contributed by atoms with E-state index in [2.05, 4.69) is 4.74 Å². The van der Waals surface area contributed by atoms with Gasteiger partial charge in [-0.3, -0.25) is 0 Å². The number of benzene rings is 2. The predicted molar refractivity (Wildman–Crippen MR) is 68.3 cm³/mol. The van der Waals surface area contributed by atoms with Gasteiger partial charge in [-0.25, -0.2) is 0 Å². The van der Waals surface area contributed by atoms with Crippen LogP contribution in [0.2, 0.25) is 5.02 Å². The van der Waals surface area contributed by atoms with Crippen molar-refractivity contribution in [3.05, 3.63) is 53.1 Å². The summed E-state index contributed by atoms with van der Waals surface area (Å²) in [6.45, 7) is 0. The first-order chi connectivity index (χ1) is 9.39. The number of alkyl halides is 3. The number of nitrogens with zero attached hydrogens (tertiary/aromatic N) is 1. The van der Waals surface area contributed by atoms with Crippen molar-refractivity contribution in [1.82, 2.24) is 0 Å². The first-order valence-corrected chi connectivity index (χ1v) is 5.83. The van der Waals surface area contributed by atoms with Crippen molar-refractivity contribution in [3.63, 3.8) is 0 Å². The summed E-state index contributed by atoms with van der Waals surface area (Å²) in [5.41, 5.74) is 1.19. The van der Waals surface area contributed by atoms with Gasteiger partial charge in [0.2, 0.25) is 0 Å². The normalized spacial score (nSPS) is 10.9. The molecule has 0 unspecified atom stereocenters. The third-order valence-electron chi connectivity index (χ3n) is 2.48. The average molecular weight is 298 g/mol. The fraction of sp³-hybridized carbons (Fsp3) is 0.0714. The van der Waals surface area contributed by atoms with Gasteiger partial charge >= 0.3 is 6.36 Å². The minimum Gasteiger partial charge on any atom is -0.406 e. The zero-order valence-electron chi connectivity index (χ0n) is 9.91. The first kappa shape index (κ1) is 14.2. The summed E-state index contributed by atoms with van der Waals surface area (Å²) in [6.07, 6.45) is -4.76. The van der Waals surface area contributed by atoms with Crippen LogP contribution in [0.25, 0.3) is 11.1 Å². The molecule has 0 amide bonds. The average Bonchev–Trinajstić information content (AvgIpc) is 2.37. The molecular weight excluding hydrogens is 291 g/mol. The Hall–Kier alpha value is -2.19. The molecule has 2 nitrogen and oxygen atoms in total. The molecule has 0 aliphatic heterocycles. The molecule has 0 fully saturated rings. The lowest BCUT2D eigenvalue weighted by Gasteiger charge is -2.11. The zero-order chi connectivity index (χ0) is 14.8. The molecule has 0 aromatic heterocycles. The third kappa shape index (κ3) is 3.43. The summed E-state index contributed by atoms with van der Waals surface area (Å²) in [4.78, 5) is 0. The smallest absolute Gasteiger partial charge is 0.406 e. The number of hydrogen-bond acceptors (Lipinski definition) is 2. The van der Waals surface area contributed by atoms with Gasteiger partial charge in [-0.15, -0.1) is 13.2 Å². The molecule has 0 bridgehead atoms. The standard InChI is InChI=1S/C14H7ClF3NO/c15-11-5-4-10(8-19)13(7-11)9-2-1-3-12(6-9)20-14(16,17)18/h1-7H. The van der Waals surface area contributed by atoms with E-state index in [1.165, 1.54) is 30.3 Å². The molecule has 0 heterocycles. The largest absolute Gasteiger partial charge is 0.573 e. The highest BCUT2D eigenvalue weighted by molar-refractivity contribution is 6.30. The molecule has 2 aromatic carbocycles. The highest BCUT2D eigenvalue weighted by atomic mass is 35.5. The van der Waals surface area contributed by atoms with Gasteiger partial charge in [-0.05, 0) is 35.9 Å². The Labute approximate surface area is 118 Å². The second-order valence-corrected chi connectivity index (χ2v) is 4.31. The lowest BCUT2D eigenvalue weighted by molar-refractivity contribution is -0.274. The SMILES string of the molecule is N#Cc1ccc(Cl)cc1-c1cccc(OC(F)(F)F)c1. The topological polar surface area (TPSA) is 33.0 Å². The second kappa shape index (κ2) is 5.43. The van der Waals surface area contributed by atoms with E-state index in [1.807, 2.05) is 6.07 Å². The van der Waals surface area contributed by atoms with Crippen LogP contribution >= 0.6 is 11.6 Å². The van der Waals surface area contributed by atoms with Crippen LogP contribution in [0.1, 0.15) is 5.56 Å². The Kier molecular flexibility index (Phi) is 3.86. The third-order valence-corrected chi connectivity index (χ3v) is 2.72. The monoisotopic (exact) mass is 297 g/mol. The molecular formula is C14H7ClF3NO. The van der Waals surface area contributed by atoms with Crippen LogP contribution in [0.4, 0.5) is 13.2 Å². The molecule has 0 saturated carbocycles. The maximum atomic E-state index is 12.2. The summed E-state index contributed by atoms with van der Waals surface area (Å²) < 4.78 is 40.4. The molecule has 0 aliphatic carbocycles. The van der Waals surface area contributed by atoms with Crippen LogP contribution in [-0.4, -0.2) is 6.36 Å². The van der Waals surface area contributed by atoms with Gasteiger partial charge in [-0.1, -0.05) is 23.7 Å². The number of rotatable bonds is 2. The molecule has 2 aromatic rings. The van der Waals surface area contributed by atoms with E-state index in [9.17, 15) is 13.2 Å². The van der Waals surface area contributed by atoms with Crippen molar-refractivity contribution in [2.75, 3.05) is 0 Å². The minimum absolute atomic E-state index is 0.318. The lowest BCUT2D eigenvalue weighted by Crippen LogP contribution is -2.17. The van der Waals surface area contributed by atoms with Crippen LogP contribution in [0.5, 0.6) is 5.75 Å². The van der Waals surface area contributed by atoms with E-state index in [0.717, 1.165) is 0 Å². The van der Waals surface area contributed by atoms with Crippen LogP contribution in [-0.2, 0) is 0 Å². The van der Waals surface area contributed by atoms with Crippen LogP contribution in [0.3, 0.4) is 0 Å². The number of nitriles is 1. The van der Waals surface area contributed by atoms with Gasteiger partial charge in [0.05, 0.1) is 11.6 Å². The van der Waals surface area contributed by atoms with Crippen molar-refractivity contribution < 1.29 is 17.9 Å². The van der Waals surface area contributed by atoms with Crippen molar-refractivity contribution in [2.24, 2.45) is 0 Å². The van der Waals surface area contributed by atoms with E-state index in [0.29, 0.717) is 21.7 Å². The van der Waals surface area contributed by atoms with Crippen LogP contribution < -0.4 is 4.74 Å². The Balaban J connectivity index is 2.46. The van der Waals surface area contributed by atoms with Crippen molar-refractivity contribution in [1.29, 1.82) is 5.26 Å². The molecule has 0 aliphatic rings. The van der Waals surface area contributed by atoms with Gasteiger partial charge in [0.15, 0.2) is 0 Å². The summed E-state index contributed by atoms with van der Waals surface area (Å²) in [6, 6.07) is 11.9. The maximum Gasteiger partial charge on any atom is 0.573 e. The minimum atomic E-state index is -4.76. The van der Waals surface area contributed by atoms with Gasteiger partial charge in [-0.2, -0.15) is 5.26 Å². The molecule has 0 atom stereocenters. The van der Waals surface area contributed by atoms with Crippen molar-refractivity contribution in [2.45, 2.75) is 6.36 Å². The second-order valence-electron chi connectivity index (χ2n) is 3.88. The van der Waals surface area contributed by atoms with Gasteiger partial charge in [0, 0.05) is 10.6 Å². The fourth-order valence-corrected chi connectivity index (χ4v) is 1.89. The molecule has 0 saturated heterocycles. The molecule has 102 valence electrons. The van der Waals surface area contributed by atoms with E-state index in [4.69, 9.17) is 16.9 Å². The highest BCUT2D eigenvalue weighted by Gasteiger charge is 2.31. The number of ether oxygens (including phenoxy) is 1. The Morgan fingerprint density at radius 1 is 1.10 bits per heavy atom. The summed E-state index contributed by atoms with van der Waals surface area (Å²) in [5.74, 6) is -0.348. The fourth-order valence-electron chi connectivity index (χ4n) is 1.71. The van der Waals surface area contributed by atoms with Gasteiger partial charge < -0.3 is 4.74 Å². The lowest BCUT2D eigenvalue weighted by atomic mass is 10.0. The van der Waals surface area contributed by atoms with Crippen molar-refractivity contribution >= 4 is 11.6 Å². The van der Waals surface area contributed by atoms with E-state index < -0.39 is 6.36 Å². The van der Waals surface area contributed by atoms with E-state index >= 15 is 0 Å². The Morgan fingerprint density at radius 3 is 2.50 bits per heavy atom. The summed E-state index contributed by atoms with van der Waals surface area (Å²) in [5, 5.41) is 9.41. The van der Waals surface area contributed by atoms with Gasteiger partial charge in [0.25, 0.3) is 0 Å². The molecule has 20 heavy (non-hydrogen) atoms. The van der Waals surface area contributed by atoms with Gasteiger partial charge in [0.1, 0.15) is 5.75 Å². The molecule has 0 radical (unpaired) electrons. The number of halogens is 4. The summed E-state index contributed by atoms with van der Waals surface area (Å²) in [7, 11) is 0. The van der Waals surface area contributed by atoms with E-state index in [1.54, 1.807) is 12.1 Å². The number of hydrogen-bond donors (Lipinski definition) is 0. The first-order valence-electron chi connectivity index (χ1n) is 5.45. The van der Waals surface area contributed by atoms with E-state index in [-0.39, 0.29) is 5.75 Å². The molecule has 2 rings (SSSR count). The Morgan fingerprint density at radius 2 is 1.85 bits per heavy atom. The Bertz CT molecular complexity index is 677. The highest BCUT2D eigenvalue weighted by Crippen LogP contribution is 2.31. The summed E-state index contributed by atoms with van der Waals surface area (Å²) >= 11 is 5.85. The van der Waals surface area contributed by atoms with Crippen LogP contribution in [0, 0.1) is 11.3 Å². The quantitative estimate of drug-likeness (QED) is 0.799. The van der Waals surface area contributed by atoms with Crippen molar-refractivity contribution in [3.8, 4) is 22.9 Å². The molecule has 0 N–H and O–H groups in total. The van der Waals surface area contributed by atoms with Crippen LogP contribution in [0.15, 0.2) is 42.5 Å².